The van der Waals surface area contributed by atoms with Crippen LogP contribution in [0.1, 0.15) is 33.5 Å². The second-order valence-corrected chi connectivity index (χ2v) is 6.01. The molecule has 2 aromatic rings. The third-order valence-corrected chi connectivity index (χ3v) is 4.11. The van der Waals surface area contributed by atoms with Gasteiger partial charge >= 0.3 is 7.12 Å². The second kappa shape index (κ2) is 3.80. The SMILES string of the molecule is Cc1ncc2ncc(B3OC(C)(C)C(C)(C)O3)cn12. The van der Waals surface area contributed by atoms with E-state index in [1.165, 1.54) is 0 Å². The quantitative estimate of drug-likeness (QED) is 0.725. The predicted molar refractivity (Wildman–Crippen MR) is 73.4 cm³/mol. The smallest absolute Gasteiger partial charge is 0.399 e. The van der Waals surface area contributed by atoms with Gasteiger partial charge in [-0.05, 0) is 34.6 Å². The van der Waals surface area contributed by atoms with Gasteiger partial charge in [0, 0.05) is 17.9 Å². The molecule has 3 heterocycles. The standard InChI is InChI=1S/C13H18BN3O2/c1-9-15-7-11-16-6-10(8-17(9)11)14-18-12(2,3)13(4,5)19-14/h6-8H,1-5H3. The van der Waals surface area contributed by atoms with Crippen molar-refractivity contribution in [2.24, 2.45) is 0 Å². The van der Waals surface area contributed by atoms with Gasteiger partial charge in [0.1, 0.15) is 5.82 Å². The lowest BCUT2D eigenvalue weighted by molar-refractivity contribution is 0.00578. The van der Waals surface area contributed by atoms with Gasteiger partial charge in [0.25, 0.3) is 0 Å². The molecule has 0 unspecified atom stereocenters. The van der Waals surface area contributed by atoms with Crippen LogP contribution in [-0.4, -0.2) is 32.7 Å². The van der Waals surface area contributed by atoms with Crippen LogP contribution in [0.4, 0.5) is 0 Å². The van der Waals surface area contributed by atoms with Crippen molar-refractivity contribution in [3.8, 4) is 0 Å². The Kier molecular flexibility index (Phi) is 2.53. The molecule has 100 valence electrons. The molecule has 1 fully saturated rings. The summed E-state index contributed by atoms with van der Waals surface area (Å²) in [6.45, 7) is 10.1. The highest BCUT2D eigenvalue weighted by Crippen LogP contribution is 2.36. The molecule has 0 bridgehead atoms. The molecule has 0 atom stereocenters. The maximum atomic E-state index is 6.02. The van der Waals surface area contributed by atoms with Crippen LogP contribution in [0.15, 0.2) is 18.6 Å². The molecule has 19 heavy (non-hydrogen) atoms. The molecule has 0 radical (unpaired) electrons. The monoisotopic (exact) mass is 259 g/mol. The summed E-state index contributed by atoms with van der Waals surface area (Å²) in [5, 5.41) is 0. The normalized spacial score (nSPS) is 21.2. The van der Waals surface area contributed by atoms with Crippen LogP contribution < -0.4 is 5.46 Å². The van der Waals surface area contributed by atoms with E-state index in [1.807, 2.05) is 45.2 Å². The van der Waals surface area contributed by atoms with Crippen molar-refractivity contribution in [1.29, 1.82) is 0 Å². The van der Waals surface area contributed by atoms with E-state index in [2.05, 4.69) is 9.97 Å². The lowest BCUT2D eigenvalue weighted by atomic mass is 9.81. The molecule has 1 aliphatic heterocycles. The summed E-state index contributed by atoms with van der Waals surface area (Å²) in [6.07, 6.45) is 5.52. The van der Waals surface area contributed by atoms with E-state index in [0.717, 1.165) is 16.9 Å². The van der Waals surface area contributed by atoms with E-state index < -0.39 is 0 Å². The lowest BCUT2D eigenvalue weighted by Gasteiger charge is -2.32. The van der Waals surface area contributed by atoms with Crippen LogP contribution in [0.25, 0.3) is 5.65 Å². The zero-order valence-corrected chi connectivity index (χ0v) is 12.0. The van der Waals surface area contributed by atoms with Crippen molar-refractivity contribution < 1.29 is 9.31 Å². The van der Waals surface area contributed by atoms with E-state index >= 15 is 0 Å². The molecule has 0 saturated carbocycles. The van der Waals surface area contributed by atoms with Crippen LogP contribution in [0.3, 0.4) is 0 Å². The molecule has 3 rings (SSSR count). The fraction of sp³-hybridized carbons (Fsp3) is 0.538. The molecule has 0 spiro atoms. The number of nitrogens with zero attached hydrogens (tertiary/aromatic N) is 3. The van der Waals surface area contributed by atoms with E-state index in [0.29, 0.717) is 0 Å². The predicted octanol–water partition coefficient (Wildman–Crippen LogP) is 1.34. The highest BCUT2D eigenvalue weighted by molar-refractivity contribution is 6.61. The lowest BCUT2D eigenvalue weighted by Crippen LogP contribution is -2.41. The van der Waals surface area contributed by atoms with Gasteiger partial charge in [-0.15, -0.1) is 0 Å². The Hall–Kier alpha value is -1.40. The zero-order chi connectivity index (χ0) is 13.8. The molecular formula is C13H18BN3O2. The summed E-state index contributed by atoms with van der Waals surface area (Å²) < 4.78 is 14.0. The van der Waals surface area contributed by atoms with Gasteiger partial charge in [-0.3, -0.25) is 4.40 Å². The first kappa shape index (κ1) is 12.6. The maximum Gasteiger partial charge on any atom is 0.497 e. The molecular weight excluding hydrogens is 241 g/mol. The fourth-order valence-electron chi connectivity index (χ4n) is 2.12. The summed E-state index contributed by atoms with van der Waals surface area (Å²) in [7, 11) is -0.385. The van der Waals surface area contributed by atoms with Crippen molar-refractivity contribution in [3.05, 3.63) is 24.4 Å². The Morgan fingerprint density at radius 2 is 1.68 bits per heavy atom. The summed E-state index contributed by atoms with van der Waals surface area (Å²) in [4.78, 5) is 8.62. The molecule has 0 aliphatic carbocycles. The van der Waals surface area contributed by atoms with Crippen LogP contribution in [0.2, 0.25) is 0 Å². The van der Waals surface area contributed by atoms with Gasteiger partial charge in [0.2, 0.25) is 0 Å². The average molecular weight is 259 g/mol. The van der Waals surface area contributed by atoms with Crippen LogP contribution in [0, 0.1) is 6.92 Å². The van der Waals surface area contributed by atoms with Crippen LogP contribution >= 0.6 is 0 Å². The molecule has 1 aliphatic rings. The highest BCUT2D eigenvalue weighted by atomic mass is 16.7. The first-order valence-electron chi connectivity index (χ1n) is 6.45. The minimum absolute atomic E-state index is 0.337. The Bertz CT molecular complexity index is 620. The van der Waals surface area contributed by atoms with Crippen molar-refractivity contribution in [2.75, 3.05) is 0 Å². The maximum absolute atomic E-state index is 6.02. The summed E-state index contributed by atoms with van der Waals surface area (Å²) >= 11 is 0. The Labute approximate surface area is 113 Å². The molecule has 1 saturated heterocycles. The first-order chi connectivity index (χ1) is 8.80. The third-order valence-electron chi connectivity index (χ3n) is 4.11. The van der Waals surface area contributed by atoms with Crippen molar-refractivity contribution in [2.45, 2.75) is 45.8 Å². The average Bonchev–Trinajstić information content (AvgIpc) is 2.78. The minimum Gasteiger partial charge on any atom is -0.399 e. The minimum atomic E-state index is -0.385. The second-order valence-electron chi connectivity index (χ2n) is 6.01. The largest absolute Gasteiger partial charge is 0.497 e. The molecule has 0 amide bonds. The fourth-order valence-corrected chi connectivity index (χ4v) is 2.12. The summed E-state index contributed by atoms with van der Waals surface area (Å²) in [5.41, 5.74) is 1.07. The number of rotatable bonds is 1. The molecule has 2 aromatic heterocycles. The van der Waals surface area contributed by atoms with Gasteiger partial charge < -0.3 is 9.31 Å². The zero-order valence-electron chi connectivity index (χ0n) is 12.0. The van der Waals surface area contributed by atoms with Gasteiger partial charge in [-0.25, -0.2) is 9.97 Å². The Morgan fingerprint density at radius 3 is 2.32 bits per heavy atom. The Morgan fingerprint density at radius 1 is 1.05 bits per heavy atom. The number of hydrogen-bond acceptors (Lipinski definition) is 4. The molecule has 0 N–H and O–H groups in total. The summed E-state index contributed by atoms with van der Waals surface area (Å²) in [6, 6.07) is 0. The van der Waals surface area contributed by atoms with Crippen LogP contribution in [0.5, 0.6) is 0 Å². The third kappa shape index (κ3) is 1.86. The highest BCUT2D eigenvalue weighted by Gasteiger charge is 2.51. The van der Waals surface area contributed by atoms with E-state index in [9.17, 15) is 0 Å². The molecule has 6 heteroatoms. The number of fused-ring (bicyclic) bond motifs is 1. The van der Waals surface area contributed by atoms with Gasteiger partial charge in [-0.2, -0.15) is 0 Å². The number of aromatic nitrogens is 3. The number of imidazole rings is 1. The number of aryl methyl sites for hydroxylation is 1. The van der Waals surface area contributed by atoms with E-state index in [1.54, 1.807) is 12.4 Å². The summed E-state index contributed by atoms with van der Waals surface area (Å²) in [5.74, 6) is 0.904. The topological polar surface area (TPSA) is 48.7 Å². The van der Waals surface area contributed by atoms with E-state index in [-0.39, 0.29) is 18.3 Å². The molecule has 5 nitrogen and oxygen atoms in total. The van der Waals surface area contributed by atoms with Gasteiger partial charge in [0.05, 0.1) is 17.4 Å². The van der Waals surface area contributed by atoms with Crippen LogP contribution in [-0.2, 0) is 9.31 Å². The van der Waals surface area contributed by atoms with Crippen molar-refractivity contribution in [3.63, 3.8) is 0 Å². The van der Waals surface area contributed by atoms with E-state index in [4.69, 9.17) is 9.31 Å². The molecule has 0 aromatic carbocycles. The van der Waals surface area contributed by atoms with Gasteiger partial charge in [0.15, 0.2) is 5.65 Å². The first-order valence-corrected chi connectivity index (χ1v) is 6.45. The van der Waals surface area contributed by atoms with Crippen molar-refractivity contribution >= 4 is 18.2 Å². The van der Waals surface area contributed by atoms with Crippen molar-refractivity contribution in [1.82, 2.24) is 14.4 Å². The Balaban J connectivity index is 2.00. The number of hydrogen-bond donors (Lipinski definition) is 0. The van der Waals surface area contributed by atoms with Gasteiger partial charge in [-0.1, -0.05) is 0 Å².